The van der Waals surface area contributed by atoms with Gasteiger partial charge in [0.25, 0.3) is 0 Å². The Balaban J connectivity index is 0.00000200. The summed E-state index contributed by atoms with van der Waals surface area (Å²) in [5, 5.41) is 2.80. The Morgan fingerprint density at radius 1 is 1.00 bits per heavy atom. The van der Waals surface area contributed by atoms with Crippen molar-refractivity contribution in [2.24, 2.45) is 0 Å². The molecular weight excluding hydrogens is 385 g/mol. The molecule has 11 heteroatoms. The Morgan fingerprint density at radius 3 is 1.95 bits per heavy atom. The van der Waals surface area contributed by atoms with Gasteiger partial charge in [0.1, 0.15) is 0 Å². The van der Waals surface area contributed by atoms with E-state index in [0.717, 1.165) is 0 Å². The smallest absolute Gasteiger partial charge is 1.00 e. The maximum atomic E-state index is 11.1. The molecule has 0 spiro atoms. The summed E-state index contributed by atoms with van der Waals surface area (Å²) < 4.78 is 29.2. The van der Waals surface area contributed by atoms with Crippen molar-refractivity contribution in [1.29, 1.82) is 0 Å². The Morgan fingerprint density at radius 2 is 1.50 bits per heavy atom. The molecule has 2 aromatic rings. The van der Waals surface area contributed by atoms with E-state index >= 15 is 0 Å². The Labute approximate surface area is 141 Å². The first-order chi connectivity index (χ1) is 8.84. The molecular formula is C9H11N6NaO3Sb+. The van der Waals surface area contributed by atoms with E-state index in [1.54, 1.807) is 0 Å². The molecule has 9 nitrogen and oxygen atoms in total. The van der Waals surface area contributed by atoms with Crippen LogP contribution in [0.3, 0.4) is 0 Å². The predicted octanol–water partition coefficient (Wildman–Crippen LogP) is -4.66. The summed E-state index contributed by atoms with van der Waals surface area (Å²) in [6, 6.07) is 5.68. The zero-order chi connectivity index (χ0) is 14.0. The van der Waals surface area contributed by atoms with Crippen molar-refractivity contribution in [3.05, 3.63) is 24.3 Å². The molecule has 0 aliphatic carbocycles. The summed E-state index contributed by atoms with van der Waals surface area (Å²) in [5.41, 5.74) is 11.4. The third-order valence-electron chi connectivity index (χ3n) is 2.13. The third-order valence-corrected chi connectivity index (χ3v) is 4.90. The molecule has 0 aliphatic heterocycles. The molecule has 100 valence electrons. The van der Waals surface area contributed by atoms with Crippen molar-refractivity contribution < 1.29 is 39.3 Å². The minimum absolute atomic E-state index is 0. The molecule has 1 heterocycles. The molecule has 0 amide bonds. The monoisotopic (exact) mass is 395 g/mol. The second-order valence-corrected chi connectivity index (χ2v) is 8.17. The van der Waals surface area contributed by atoms with Gasteiger partial charge in [0.05, 0.1) is 0 Å². The van der Waals surface area contributed by atoms with Crippen LogP contribution < -0.4 is 49.9 Å². The largest absolute Gasteiger partial charge is 1.00 e. The van der Waals surface area contributed by atoms with Crippen molar-refractivity contribution in [3.63, 3.8) is 0 Å². The SMILES string of the molecule is Nc1nc(N)nc(Nc2cc[c]([Sb](=[O])([OH])[OH])cc2)n1.[Na+]. The molecule has 2 rings (SSSR count). The van der Waals surface area contributed by atoms with Crippen LogP contribution in [-0.2, 0) is 3.02 Å². The van der Waals surface area contributed by atoms with E-state index in [4.69, 9.17) is 18.2 Å². The second-order valence-electron chi connectivity index (χ2n) is 3.59. The predicted molar refractivity (Wildman–Crippen MR) is 68.9 cm³/mol. The third kappa shape index (κ3) is 4.62. The number of anilines is 4. The van der Waals surface area contributed by atoms with Crippen LogP contribution in [0.4, 0.5) is 23.5 Å². The fourth-order valence-electron chi connectivity index (χ4n) is 1.33. The Kier molecular flexibility index (Phi) is 5.81. The molecule has 0 saturated heterocycles. The van der Waals surface area contributed by atoms with Crippen LogP contribution in [-0.4, -0.2) is 41.4 Å². The van der Waals surface area contributed by atoms with Gasteiger partial charge in [-0.05, 0) is 0 Å². The fourth-order valence-corrected chi connectivity index (χ4v) is 2.87. The number of hydrogen-bond acceptors (Lipinski definition) is 7. The number of nitrogen functional groups attached to an aromatic ring is 2. The summed E-state index contributed by atoms with van der Waals surface area (Å²) in [7, 11) is 0. The van der Waals surface area contributed by atoms with Crippen LogP contribution in [0, 0.1) is 0 Å². The molecule has 7 N–H and O–H groups in total. The first-order valence-corrected chi connectivity index (χ1v) is 9.65. The summed E-state index contributed by atoms with van der Waals surface area (Å²) in [5.74, 6) is 0.111. The molecule has 0 saturated carbocycles. The first kappa shape index (κ1) is 17.2. The molecule has 0 atom stereocenters. The minimum atomic E-state index is -5.14. The molecule has 0 unspecified atom stereocenters. The van der Waals surface area contributed by atoms with E-state index in [9.17, 15) is 3.02 Å². The molecule has 0 fully saturated rings. The number of nitrogens with zero attached hydrogens (tertiary/aromatic N) is 3. The van der Waals surface area contributed by atoms with Crippen molar-refractivity contribution in [3.8, 4) is 0 Å². The van der Waals surface area contributed by atoms with Crippen molar-refractivity contribution in [2.75, 3.05) is 16.8 Å². The fraction of sp³-hybridized carbons (Fsp3) is 0. The zero-order valence-electron chi connectivity index (χ0n) is 10.6. The molecule has 1 aromatic heterocycles. The van der Waals surface area contributed by atoms with E-state index in [1.807, 2.05) is 0 Å². The van der Waals surface area contributed by atoms with Gasteiger partial charge in [-0.2, -0.15) is 0 Å². The van der Waals surface area contributed by atoms with Crippen LogP contribution >= 0.6 is 0 Å². The zero-order valence-corrected chi connectivity index (χ0v) is 15.1. The van der Waals surface area contributed by atoms with Gasteiger partial charge in [-0.25, -0.2) is 0 Å². The maximum Gasteiger partial charge on any atom is 1.00 e. The standard InChI is InChI=1S/C9H9N6.Na.2H2O.O.Sb/c10-7-13-8(11)15-9(14-7)12-6-4-2-1-3-5-6;;;;;/h2-5H,(H5,10,11,12,13,14,15);;2*1H2;;/q;+1;;;;+2/p-2. The maximum absolute atomic E-state index is 11.1. The molecule has 0 bridgehead atoms. The van der Waals surface area contributed by atoms with Gasteiger partial charge in [0.15, 0.2) is 0 Å². The van der Waals surface area contributed by atoms with E-state index in [0.29, 0.717) is 5.69 Å². The van der Waals surface area contributed by atoms with Crippen molar-refractivity contribution >= 4 is 46.7 Å². The molecule has 0 aliphatic rings. The summed E-state index contributed by atoms with van der Waals surface area (Å²) in [4.78, 5) is 11.3. The van der Waals surface area contributed by atoms with E-state index in [2.05, 4.69) is 20.3 Å². The average Bonchev–Trinajstić information content (AvgIpc) is 2.26. The Bertz CT molecular complexity index is 626. The van der Waals surface area contributed by atoms with Crippen LogP contribution in [0.5, 0.6) is 0 Å². The van der Waals surface area contributed by atoms with E-state index < -0.39 is 19.6 Å². The van der Waals surface area contributed by atoms with Gasteiger partial charge >= 0.3 is 142 Å². The van der Waals surface area contributed by atoms with Crippen molar-refractivity contribution in [2.45, 2.75) is 0 Å². The van der Waals surface area contributed by atoms with Gasteiger partial charge in [-0.15, -0.1) is 0 Å². The van der Waals surface area contributed by atoms with Gasteiger partial charge in [-0.3, -0.25) is 0 Å². The van der Waals surface area contributed by atoms with Gasteiger partial charge in [0.2, 0.25) is 0 Å². The number of benzene rings is 1. The number of rotatable bonds is 3. The topological polar surface area (TPSA) is 160 Å². The Hall–Kier alpha value is -0.832. The summed E-state index contributed by atoms with van der Waals surface area (Å²) >= 11 is -5.14. The minimum Gasteiger partial charge on any atom is 1.00 e. The van der Waals surface area contributed by atoms with Crippen LogP contribution in [0.2, 0.25) is 0 Å². The number of nitrogens with one attached hydrogen (secondary N) is 1. The second kappa shape index (κ2) is 6.75. The number of aromatic nitrogens is 3. The van der Waals surface area contributed by atoms with Gasteiger partial charge in [0, 0.05) is 0 Å². The van der Waals surface area contributed by atoms with Crippen molar-refractivity contribution in [1.82, 2.24) is 15.0 Å². The molecule has 20 heavy (non-hydrogen) atoms. The quantitative estimate of drug-likeness (QED) is 0.322. The van der Waals surface area contributed by atoms with Gasteiger partial charge in [-0.1, -0.05) is 0 Å². The van der Waals surface area contributed by atoms with Crippen LogP contribution in [0.15, 0.2) is 24.3 Å². The number of nitrogens with two attached hydrogens (primary N) is 2. The van der Waals surface area contributed by atoms with E-state index in [1.165, 1.54) is 24.3 Å². The molecule has 1 aromatic carbocycles. The van der Waals surface area contributed by atoms with E-state index in [-0.39, 0.29) is 50.9 Å². The first-order valence-electron chi connectivity index (χ1n) is 5.05. The normalized spacial score (nSPS) is 10.7. The molecule has 0 radical (unpaired) electrons. The number of hydrogen-bond donors (Lipinski definition) is 5. The van der Waals surface area contributed by atoms with Crippen LogP contribution in [0.25, 0.3) is 0 Å². The van der Waals surface area contributed by atoms with Crippen LogP contribution in [0.1, 0.15) is 0 Å². The van der Waals surface area contributed by atoms with Gasteiger partial charge < -0.3 is 0 Å². The summed E-state index contributed by atoms with van der Waals surface area (Å²) in [6.45, 7) is 0. The average molecular weight is 396 g/mol. The summed E-state index contributed by atoms with van der Waals surface area (Å²) in [6.07, 6.45) is 0.